The number of H-pyrrole nitrogens is 1. The third-order valence-electron chi connectivity index (χ3n) is 2.78. The van der Waals surface area contributed by atoms with Crippen LogP contribution in [-0.2, 0) is 6.42 Å². The van der Waals surface area contributed by atoms with Crippen molar-refractivity contribution in [3.8, 4) is 0 Å². The summed E-state index contributed by atoms with van der Waals surface area (Å²) in [5.41, 5.74) is 2.87. The number of benzene rings is 1. The van der Waals surface area contributed by atoms with Gasteiger partial charge in [-0.05, 0) is 11.6 Å². The maximum Gasteiger partial charge on any atom is 0.270 e. The van der Waals surface area contributed by atoms with E-state index in [0.29, 0.717) is 23.1 Å². The molecule has 0 aliphatic carbocycles. The first-order chi connectivity index (χ1) is 8.83. The largest absolute Gasteiger partial charge is 0.319 e. The number of nitrogens with zero attached hydrogens (tertiary/aromatic N) is 2. The molecule has 0 atom stereocenters. The number of aromatic nitrogens is 3. The molecule has 0 spiro atoms. The van der Waals surface area contributed by atoms with Crippen molar-refractivity contribution in [1.29, 1.82) is 0 Å². The van der Waals surface area contributed by atoms with Gasteiger partial charge in [-0.2, -0.15) is 0 Å². The van der Waals surface area contributed by atoms with E-state index < -0.39 is 0 Å². The number of hydrogen-bond acceptors (Lipinski definition) is 3. The van der Waals surface area contributed by atoms with E-state index in [1.54, 1.807) is 18.5 Å². The first kappa shape index (κ1) is 10.7. The Hall–Kier alpha value is -2.49. The molecule has 0 saturated carbocycles. The molecule has 4 nitrogen and oxygen atoms in total. The van der Waals surface area contributed by atoms with Crippen LogP contribution in [0.25, 0.3) is 11.0 Å². The van der Waals surface area contributed by atoms with Crippen LogP contribution in [0.3, 0.4) is 0 Å². The van der Waals surface area contributed by atoms with Crippen molar-refractivity contribution in [2.75, 3.05) is 0 Å². The number of pyridine rings is 1. The topological polar surface area (TPSA) is 58.6 Å². The number of aromatic amines is 1. The van der Waals surface area contributed by atoms with Gasteiger partial charge in [0.05, 0.1) is 11.7 Å². The van der Waals surface area contributed by atoms with Gasteiger partial charge in [0, 0.05) is 12.6 Å². The van der Waals surface area contributed by atoms with E-state index in [2.05, 4.69) is 15.0 Å². The van der Waals surface area contributed by atoms with Gasteiger partial charge >= 0.3 is 0 Å². The van der Waals surface area contributed by atoms with Crippen molar-refractivity contribution in [3.63, 3.8) is 0 Å². The van der Waals surface area contributed by atoms with Crippen LogP contribution in [0.1, 0.15) is 11.3 Å². The third-order valence-corrected chi connectivity index (χ3v) is 2.78. The van der Waals surface area contributed by atoms with Crippen LogP contribution in [0.15, 0.2) is 53.6 Å². The van der Waals surface area contributed by atoms with Gasteiger partial charge in [0.15, 0.2) is 0 Å². The molecule has 0 bridgehead atoms. The fraction of sp³-hybridized carbons (Fsp3) is 0.0714. The summed E-state index contributed by atoms with van der Waals surface area (Å²) >= 11 is 0. The molecule has 4 heteroatoms. The average molecular weight is 237 g/mol. The van der Waals surface area contributed by atoms with Gasteiger partial charge in [-0.25, -0.2) is 4.98 Å². The van der Waals surface area contributed by atoms with E-state index >= 15 is 0 Å². The quantitative estimate of drug-likeness (QED) is 0.740. The minimum absolute atomic E-state index is 0.141. The maximum absolute atomic E-state index is 11.9. The molecule has 0 fully saturated rings. The highest BCUT2D eigenvalue weighted by atomic mass is 16.1. The van der Waals surface area contributed by atoms with E-state index in [0.717, 1.165) is 5.56 Å². The molecule has 2 heterocycles. The van der Waals surface area contributed by atoms with E-state index in [-0.39, 0.29) is 5.56 Å². The second-order valence-corrected chi connectivity index (χ2v) is 4.07. The molecule has 0 saturated heterocycles. The highest BCUT2D eigenvalue weighted by Gasteiger charge is 2.05. The summed E-state index contributed by atoms with van der Waals surface area (Å²) in [6.45, 7) is 0. The molecule has 3 aromatic rings. The van der Waals surface area contributed by atoms with Crippen molar-refractivity contribution in [2.24, 2.45) is 0 Å². The monoisotopic (exact) mass is 237 g/mol. The molecule has 0 amide bonds. The Morgan fingerprint density at radius 3 is 2.78 bits per heavy atom. The van der Waals surface area contributed by atoms with Crippen molar-refractivity contribution >= 4 is 11.0 Å². The maximum atomic E-state index is 11.9. The molecule has 18 heavy (non-hydrogen) atoms. The zero-order valence-corrected chi connectivity index (χ0v) is 9.63. The Kier molecular flexibility index (Phi) is 2.61. The first-order valence-corrected chi connectivity index (χ1v) is 5.70. The number of hydrogen-bond donors (Lipinski definition) is 1. The van der Waals surface area contributed by atoms with Gasteiger partial charge in [0.25, 0.3) is 5.56 Å². The molecule has 0 radical (unpaired) electrons. The average Bonchev–Trinajstić information content (AvgIpc) is 2.41. The minimum atomic E-state index is -0.141. The Morgan fingerprint density at radius 1 is 1.11 bits per heavy atom. The van der Waals surface area contributed by atoms with Crippen molar-refractivity contribution in [2.45, 2.75) is 6.42 Å². The van der Waals surface area contributed by atoms with Gasteiger partial charge in [0.1, 0.15) is 11.2 Å². The lowest BCUT2D eigenvalue weighted by Gasteiger charge is -2.02. The van der Waals surface area contributed by atoms with E-state index in [1.165, 1.54) is 0 Å². The van der Waals surface area contributed by atoms with Gasteiger partial charge in [-0.3, -0.25) is 9.78 Å². The van der Waals surface area contributed by atoms with Crippen molar-refractivity contribution in [3.05, 3.63) is 70.4 Å². The van der Waals surface area contributed by atoms with Crippen LogP contribution in [-0.4, -0.2) is 15.0 Å². The summed E-state index contributed by atoms with van der Waals surface area (Å²) in [5.74, 6) is 0. The van der Waals surface area contributed by atoms with Crippen LogP contribution < -0.4 is 5.56 Å². The molecule has 1 aromatic carbocycles. The molecule has 0 aliphatic rings. The number of fused-ring (bicyclic) bond motifs is 1. The Bertz CT molecular complexity index is 735. The summed E-state index contributed by atoms with van der Waals surface area (Å²) in [6.07, 6.45) is 3.82. The van der Waals surface area contributed by atoms with Gasteiger partial charge < -0.3 is 4.98 Å². The zero-order valence-electron chi connectivity index (χ0n) is 9.63. The van der Waals surface area contributed by atoms with Crippen molar-refractivity contribution < 1.29 is 0 Å². The summed E-state index contributed by atoms with van der Waals surface area (Å²) in [5, 5.41) is 0. The third kappa shape index (κ3) is 2.00. The van der Waals surface area contributed by atoms with Gasteiger partial charge in [-0.15, -0.1) is 0 Å². The smallest absolute Gasteiger partial charge is 0.270 e. The lowest BCUT2D eigenvalue weighted by atomic mass is 10.1. The fourth-order valence-corrected chi connectivity index (χ4v) is 1.88. The Morgan fingerprint density at radius 2 is 1.94 bits per heavy atom. The summed E-state index contributed by atoms with van der Waals surface area (Å²) in [7, 11) is 0. The predicted octanol–water partition coefficient (Wildman–Crippen LogP) is 1.91. The SMILES string of the molecule is O=c1[nH]c2ccncc2nc1Cc1ccccc1. The first-order valence-electron chi connectivity index (χ1n) is 5.70. The van der Waals surface area contributed by atoms with E-state index in [1.807, 2.05) is 30.3 Å². The van der Waals surface area contributed by atoms with E-state index in [9.17, 15) is 4.79 Å². The lowest BCUT2D eigenvalue weighted by molar-refractivity contribution is 1.02. The Labute approximate surface area is 103 Å². The summed E-state index contributed by atoms with van der Waals surface area (Å²) in [6, 6.07) is 11.6. The summed E-state index contributed by atoms with van der Waals surface area (Å²) < 4.78 is 0. The predicted molar refractivity (Wildman–Crippen MR) is 69.4 cm³/mol. The normalized spacial score (nSPS) is 10.7. The molecule has 88 valence electrons. The number of nitrogens with one attached hydrogen (secondary N) is 1. The molecule has 2 aromatic heterocycles. The minimum Gasteiger partial charge on any atom is -0.319 e. The van der Waals surface area contributed by atoms with Crippen LogP contribution in [0.4, 0.5) is 0 Å². The Balaban J connectivity index is 2.07. The van der Waals surface area contributed by atoms with Crippen LogP contribution in [0.2, 0.25) is 0 Å². The van der Waals surface area contributed by atoms with Crippen LogP contribution in [0, 0.1) is 0 Å². The molecule has 1 N–H and O–H groups in total. The highest BCUT2D eigenvalue weighted by Crippen LogP contribution is 2.07. The highest BCUT2D eigenvalue weighted by molar-refractivity contribution is 5.72. The molecular formula is C14H11N3O. The molecular weight excluding hydrogens is 226 g/mol. The number of rotatable bonds is 2. The summed E-state index contributed by atoms with van der Waals surface area (Å²) in [4.78, 5) is 23.1. The zero-order chi connectivity index (χ0) is 12.4. The second-order valence-electron chi connectivity index (χ2n) is 4.07. The van der Waals surface area contributed by atoms with Gasteiger partial charge in [-0.1, -0.05) is 30.3 Å². The van der Waals surface area contributed by atoms with Crippen molar-refractivity contribution in [1.82, 2.24) is 15.0 Å². The second kappa shape index (κ2) is 4.41. The van der Waals surface area contributed by atoms with Crippen LogP contribution >= 0.6 is 0 Å². The lowest BCUT2D eigenvalue weighted by Crippen LogP contribution is -2.15. The molecule has 3 rings (SSSR count). The van der Waals surface area contributed by atoms with E-state index in [4.69, 9.17) is 0 Å². The molecule has 0 aliphatic heterocycles. The fourth-order valence-electron chi connectivity index (χ4n) is 1.88. The van der Waals surface area contributed by atoms with Crippen LogP contribution in [0.5, 0.6) is 0 Å². The molecule has 0 unspecified atom stereocenters. The van der Waals surface area contributed by atoms with Gasteiger partial charge in [0.2, 0.25) is 0 Å². The standard InChI is InChI=1S/C14H11N3O/c18-14-12(8-10-4-2-1-3-5-10)16-13-9-15-7-6-11(13)17-14/h1-7,9H,8H2,(H,17,18).